The van der Waals surface area contributed by atoms with Crippen molar-refractivity contribution in [2.24, 2.45) is 5.92 Å². The van der Waals surface area contributed by atoms with E-state index in [1.165, 1.54) is 15.0 Å². The fraction of sp³-hybridized carbons (Fsp3) is 0.385. The van der Waals surface area contributed by atoms with Gasteiger partial charge in [0.25, 0.3) is 0 Å². The molecule has 0 spiro atoms. The van der Waals surface area contributed by atoms with E-state index in [-0.39, 0.29) is 0 Å². The van der Waals surface area contributed by atoms with Crippen molar-refractivity contribution in [3.8, 4) is 0 Å². The molecular formula is C13H16ClNS. The van der Waals surface area contributed by atoms with Gasteiger partial charge in [0.1, 0.15) is 0 Å². The van der Waals surface area contributed by atoms with Crippen LogP contribution in [0, 0.1) is 5.92 Å². The summed E-state index contributed by atoms with van der Waals surface area (Å²) >= 11 is 8.12. The van der Waals surface area contributed by atoms with Crippen molar-refractivity contribution in [2.75, 3.05) is 6.54 Å². The standard InChI is InChI=1S/C13H16ClNS/c1-9(2)7-15-8-12-13(14)10-5-3-4-6-11(10)16-12/h3-6,9,15H,7-8H2,1-2H3. The Hall–Kier alpha value is -0.570. The normalized spacial score (nSPS) is 11.5. The van der Waals surface area contributed by atoms with Crippen molar-refractivity contribution >= 4 is 33.0 Å². The minimum atomic E-state index is 0.674. The zero-order chi connectivity index (χ0) is 11.5. The second-order valence-corrected chi connectivity index (χ2v) is 5.87. The van der Waals surface area contributed by atoms with Crippen LogP contribution in [-0.2, 0) is 6.54 Å². The van der Waals surface area contributed by atoms with Gasteiger partial charge in [0, 0.05) is 21.5 Å². The highest BCUT2D eigenvalue weighted by Crippen LogP contribution is 2.34. The molecule has 0 unspecified atom stereocenters. The second kappa shape index (κ2) is 5.17. The summed E-state index contributed by atoms with van der Waals surface area (Å²) in [6, 6.07) is 8.30. The maximum atomic E-state index is 6.34. The molecule has 0 aliphatic rings. The van der Waals surface area contributed by atoms with E-state index >= 15 is 0 Å². The Morgan fingerprint density at radius 1 is 1.31 bits per heavy atom. The summed E-state index contributed by atoms with van der Waals surface area (Å²) in [7, 11) is 0. The van der Waals surface area contributed by atoms with Crippen LogP contribution in [-0.4, -0.2) is 6.54 Å². The molecular weight excluding hydrogens is 238 g/mol. The Balaban J connectivity index is 2.15. The zero-order valence-corrected chi connectivity index (χ0v) is 11.2. The summed E-state index contributed by atoms with van der Waals surface area (Å²) in [6.07, 6.45) is 0. The van der Waals surface area contributed by atoms with Crippen molar-refractivity contribution in [3.63, 3.8) is 0 Å². The highest BCUT2D eigenvalue weighted by atomic mass is 35.5. The monoisotopic (exact) mass is 253 g/mol. The lowest BCUT2D eigenvalue weighted by atomic mass is 10.2. The van der Waals surface area contributed by atoms with Crippen LogP contribution in [0.3, 0.4) is 0 Å². The van der Waals surface area contributed by atoms with Gasteiger partial charge < -0.3 is 5.32 Å². The van der Waals surface area contributed by atoms with Crippen molar-refractivity contribution in [1.29, 1.82) is 0 Å². The summed E-state index contributed by atoms with van der Waals surface area (Å²) in [5.74, 6) is 0.674. The van der Waals surface area contributed by atoms with Gasteiger partial charge >= 0.3 is 0 Å². The van der Waals surface area contributed by atoms with Gasteiger partial charge in [0.15, 0.2) is 0 Å². The molecule has 0 saturated heterocycles. The molecule has 0 aliphatic heterocycles. The van der Waals surface area contributed by atoms with E-state index in [0.717, 1.165) is 18.1 Å². The number of rotatable bonds is 4. The molecule has 0 radical (unpaired) electrons. The van der Waals surface area contributed by atoms with Gasteiger partial charge in [0.05, 0.1) is 5.02 Å². The van der Waals surface area contributed by atoms with Crippen molar-refractivity contribution in [1.82, 2.24) is 5.32 Å². The van der Waals surface area contributed by atoms with Gasteiger partial charge in [-0.1, -0.05) is 43.6 Å². The van der Waals surface area contributed by atoms with Crippen LogP contribution in [0.15, 0.2) is 24.3 Å². The third kappa shape index (κ3) is 2.57. The first-order valence-electron chi connectivity index (χ1n) is 5.55. The minimum Gasteiger partial charge on any atom is -0.312 e. The van der Waals surface area contributed by atoms with Crippen LogP contribution >= 0.6 is 22.9 Å². The summed E-state index contributed by atoms with van der Waals surface area (Å²) < 4.78 is 1.27. The SMILES string of the molecule is CC(C)CNCc1sc2ccccc2c1Cl. The molecule has 16 heavy (non-hydrogen) atoms. The molecule has 2 aromatic rings. The molecule has 2 rings (SSSR count). The largest absolute Gasteiger partial charge is 0.312 e. The van der Waals surface area contributed by atoms with E-state index in [9.17, 15) is 0 Å². The fourth-order valence-corrected chi connectivity index (χ4v) is 3.12. The maximum absolute atomic E-state index is 6.34. The molecule has 1 N–H and O–H groups in total. The Labute approximate surface area is 105 Å². The van der Waals surface area contributed by atoms with E-state index in [4.69, 9.17) is 11.6 Å². The topological polar surface area (TPSA) is 12.0 Å². The molecule has 0 bridgehead atoms. The maximum Gasteiger partial charge on any atom is 0.0636 e. The first-order chi connectivity index (χ1) is 7.68. The second-order valence-electron chi connectivity index (χ2n) is 4.36. The Morgan fingerprint density at radius 2 is 2.06 bits per heavy atom. The first kappa shape index (κ1) is 11.9. The third-order valence-electron chi connectivity index (χ3n) is 2.44. The molecule has 0 atom stereocenters. The highest BCUT2D eigenvalue weighted by molar-refractivity contribution is 7.19. The molecule has 1 nitrogen and oxygen atoms in total. The lowest BCUT2D eigenvalue weighted by molar-refractivity contribution is 0.555. The first-order valence-corrected chi connectivity index (χ1v) is 6.74. The molecule has 3 heteroatoms. The quantitative estimate of drug-likeness (QED) is 0.857. The molecule has 0 aliphatic carbocycles. The molecule has 0 saturated carbocycles. The van der Waals surface area contributed by atoms with Crippen LogP contribution in [0.2, 0.25) is 5.02 Å². The van der Waals surface area contributed by atoms with E-state index in [2.05, 4.69) is 37.4 Å². The van der Waals surface area contributed by atoms with E-state index in [1.807, 2.05) is 6.07 Å². The van der Waals surface area contributed by atoms with Crippen molar-refractivity contribution in [2.45, 2.75) is 20.4 Å². The number of thiophene rings is 1. The number of benzene rings is 1. The fourth-order valence-electron chi connectivity index (χ4n) is 1.65. The van der Waals surface area contributed by atoms with Crippen molar-refractivity contribution < 1.29 is 0 Å². The number of nitrogens with one attached hydrogen (secondary N) is 1. The lowest BCUT2D eigenvalue weighted by Crippen LogP contribution is -2.18. The van der Waals surface area contributed by atoms with Crippen LogP contribution < -0.4 is 5.32 Å². The van der Waals surface area contributed by atoms with Gasteiger partial charge in [-0.25, -0.2) is 0 Å². The minimum absolute atomic E-state index is 0.674. The molecule has 0 fully saturated rings. The number of hydrogen-bond donors (Lipinski definition) is 1. The third-order valence-corrected chi connectivity index (χ3v) is 4.15. The van der Waals surface area contributed by atoms with Gasteiger partial charge in [0.2, 0.25) is 0 Å². The average Bonchev–Trinajstić information content (AvgIpc) is 2.56. The number of hydrogen-bond acceptors (Lipinski definition) is 2. The predicted octanol–water partition coefficient (Wildman–Crippen LogP) is 4.30. The molecule has 86 valence electrons. The number of halogens is 1. The van der Waals surface area contributed by atoms with Crippen LogP contribution in [0.4, 0.5) is 0 Å². The van der Waals surface area contributed by atoms with Crippen LogP contribution in [0.1, 0.15) is 18.7 Å². The summed E-state index contributed by atoms with van der Waals surface area (Å²) in [5, 5.41) is 5.52. The molecule has 1 aromatic carbocycles. The van der Waals surface area contributed by atoms with Crippen LogP contribution in [0.5, 0.6) is 0 Å². The number of fused-ring (bicyclic) bond motifs is 1. The van der Waals surface area contributed by atoms with E-state index in [0.29, 0.717) is 5.92 Å². The predicted molar refractivity (Wildman–Crippen MR) is 73.4 cm³/mol. The smallest absolute Gasteiger partial charge is 0.0636 e. The van der Waals surface area contributed by atoms with E-state index in [1.54, 1.807) is 11.3 Å². The highest BCUT2D eigenvalue weighted by Gasteiger charge is 2.08. The van der Waals surface area contributed by atoms with Crippen LogP contribution in [0.25, 0.3) is 10.1 Å². The molecule has 1 heterocycles. The van der Waals surface area contributed by atoms with Crippen molar-refractivity contribution in [3.05, 3.63) is 34.2 Å². The van der Waals surface area contributed by atoms with E-state index < -0.39 is 0 Å². The Bertz CT molecular complexity index is 476. The summed E-state index contributed by atoms with van der Waals surface area (Å²) in [6.45, 7) is 6.32. The van der Waals surface area contributed by atoms with Gasteiger partial charge in [-0.2, -0.15) is 0 Å². The summed E-state index contributed by atoms with van der Waals surface area (Å²) in [5.41, 5.74) is 0. The molecule has 0 amide bonds. The Morgan fingerprint density at radius 3 is 2.75 bits per heavy atom. The average molecular weight is 254 g/mol. The van der Waals surface area contributed by atoms with Gasteiger partial charge in [-0.15, -0.1) is 11.3 Å². The van der Waals surface area contributed by atoms with Gasteiger partial charge in [-0.05, 0) is 18.5 Å². The summed E-state index contributed by atoms with van der Waals surface area (Å²) in [4.78, 5) is 1.24. The molecule has 1 aromatic heterocycles. The zero-order valence-electron chi connectivity index (χ0n) is 9.59. The van der Waals surface area contributed by atoms with Gasteiger partial charge in [-0.3, -0.25) is 0 Å². The lowest BCUT2D eigenvalue weighted by Gasteiger charge is -2.05. The Kier molecular flexibility index (Phi) is 3.85.